The molecule has 1 amide bonds. The monoisotopic (exact) mass is 497 g/mol. The van der Waals surface area contributed by atoms with Crippen molar-refractivity contribution in [2.45, 2.75) is 52.0 Å². The number of rotatable bonds is 7. The Kier molecular flexibility index (Phi) is 7.28. The number of hydrogen-bond acceptors (Lipinski definition) is 6. The Balaban J connectivity index is 1.51. The summed E-state index contributed by atoms with van der Waals surface area (Å²) in [4.78, 5) is 12.8. The molecule has 2 aromatic heterocycles. The van der Waals surface area contributed by atoms with Crippen LogP contribution in [0.5, 0.6) is 0 Å². The molecule has 1 aromatic carbocycles. The summed E-state index contributed by atoms with van der Waals surface area (Å²) in [6, 6.07) is 9.73. The van der Waals surface area contributed by atoms with Gasteiger partial charge in [0.05, 0.1) is 12.5 Å². The van der Waals surface area contributed by atoms with E-state index in [4.69, 9.17) is 8.94 Å². The van der Waals surface area contributed by atoms with Crippen LogP contribution in [0, 0.1) is 33.6 Å². The van der Waals surface area contributed by atoms with Gasteiger partial charge in [0, 0.05) is 13.1 Å². The van der Waals surface area contributed by atoms with Crippen LogP contribution in [0.4, 0.5) is 0 Å². The zero-order valence-electron chi connectivity index (χ0n) is 20.5. The van der Waals surface area contributed by atoms with E-state index in [1.165, 1.54) is 4.31 Å². The molecular weight excluding hydrogens is 466 g/mol. The Bertz CT molecular complexity index is 1350. The van der Waals surface area contributed by atoms with Crippen molar-refractivity contribution in [1.82, 2.24) is 14.8 Å². The maximum absolute atomic E-state index is 13.6. The molecule has 35 heavy (non-hydrogen) atoms. The van der Waals surface area contributed by atoms with Gasteiger partial charge in [-0.05, 0) is 69.9 Å². The van der Waals surface area contributed by atoms with Gasteiger partial charge in [0.15, 0.2) is 10.7 Å². The smallest absolute Gasteiger partial charge is 0.248 e. The molecule has 0 spiro atoms. The van der Waals surface area contributed by atoms with Crippen LogP contribution in [0.2, 0.25) is 0 Å². The lowest BCUT2D eigenvalue weighted by Crippen LogP contribution is -2.45. The third kappa shape index (κ3) is 5.57. The Morgan fingerprint density at radius 2 is 1.97 bits per heavy atom. The second-order valence-corrected chi connectivity index (χ2v) is 11.0. The highest BCUT2D eigenvalue weighted by Gasteiger charge is 2.36. The number of nitrogens with one attached hydrogen (secondary N) is 1. The quantitative estimate of drug-likeness (QED) is 0.519. The van der Waals surface area contributed by atoms with Crippen LogP contribution in [0.3, 0.4) is 0 Å². The van der Waals surface area contributed by atoms with Gasteiger partial charge in [-0.15, -0.1) is 0 Å². The number of carbonyl (C=O) groups is 1. The van der Waals surface area contributed by atoms with Gasteiger partial charge < -0.3 is 14.3 Å². The van der Waals surface area contributed by atoms with Crippen molar-refractivity contribution in [2.75, 3.05) is 13.1 Å². The number of furan rings is 1. The largest absolute Gasteiger partial charge is 0.465 e. The number of aromatic nitrogens is 1. The highest BCUT2D eigenvalue weighted by atomic mass is 32.2. The third-order valence-corrected chi connectivity index (χ3v) is 8.29. The number of hydrogen-bond donors (Lipinski definition) is 1. The van der Waals surface area contributed by atoms with Crippen molar-refractivity contribution in [3.8, 4) is 0 Å². The number of carbonyl (C=O) groups excluding carboxylic acids is 1. The molecule has 0 aliphatic carbocycles. The third-order valence-electron chi connectivity index (χ3n) is 6.27. The molecule has 1 saturated heterocycles. The Morgan fingerprint density at radius 1 is 1.17 bits per heavy atom. The molecule has 1 aliphatic heterocycles. The predicted octanol–water partition coefficient (Wildman–Crippen LogP) is 4.39. The van der Waals surface area contributed by atoms with Gasteiger partial charge in [0.2, 0.25) is 15.9 Å². The molecular formula is C26H31N3O5S. The van der Waals surface area contributed by atoms with E-state index in [2.05, 4.69) is 10.5 Å². The van der Waals surface area contributed by atoms with Crippen LogP contribution in [0.25, 0.3) is 12.2 Å². The zero-order chi connectivity index (χ0) is 25.2. The summed E-state index contributed by atoms with van der Waals surface area (Å²) in [5.74, 6) is 0.995. The summed E-state index contributed by atoms with van der Waals surface area (Å²) >= 11 is 0. The van der Waals surface area contributed by atoms with E-state index < -0.39 is 15.9 Å². The summed E-state index contributed by atoms with van der Waals surface area (Å²) in [7, 11) is -3.91. The molecule has 0 bridgehead atoms. The SMILES string of the molecule is Cc1ccc(C)c(/C=C/c2onc(C)c2S(=O)(=O)N2CCC[C@@H](C(=O)NCc3ccc(C)o3)C2)c1. The summed E-state index contributed by atoms with van der Waals surface area (Å²) in [6.45, 7) is 8.18. The molecule has 0 unspecified atom stereocenters. The Hall–Kier alpha value is -3.17. The summed E-state index contributed by atoms with van der Waals surface area (Å²) in [5, 5.41) is 6.79. The highest BCUT2D eigenvalue weighted by molar-refractivity contribution is 7.89. The molecule has 3 heterocycles. The lowest BCUT2D eigenvalue weighted by molar-refractivity contribution is -0.126. The summed E-state index contributed by atoms with van der Waals surface area (Å²) in [6.07, 6.45) is 4.70. The van der Waals surface area contributed by atoms with Crippen molar-refractivity contribution < 1.29 is 22.2 Å². The average molecular weight is 498 g/mol. The van der Waals surface area contributed by atoms with Gasteiger partial charge >= 0.3 is 0 Å². The van der Waals surface area contributed by atoms with Gasteiger partial charge in [-0.1, -0.05) is 35.0 Å². The number of sulfonamides is 1. The molecule has 8 nitrogen and oxygen atoms in total. The first-order valence-corrected chi connectivity index (χ1v) is 13.1. The van der Waals surface area contributed by atoms with Crippen molar-refractivity contribution in [2.24, 2.45) is 5.92 Å². The maximum atomic E-state index is 13.6. The molecule has 1 N–H and O–H groups in total. The lowest BCUT2D eigenvalue weighted by Gasteiger charge is -2.31. The van der Waals surface area contributed by atoms with Gasteiger partial charge in [-0.25, -0.2) is 8.42 Å². The van der Waals surface area contributed by atoms with Gasteiger partial charge in [-0.2, -0.15) is 4.31 Å². The van der Waals surface area contributed by atoms with Gasteiger partial charge in [0.1, 0.15) is 17.2 Å². The van der Waals surface area contributed by atoms with Crippen LogP contribution < -0.4 is 5.32 Å². The molecule has 4 rings (SSSR count). The van der Waals surface area contributed by atoms with Crippen molar-refractivity contribution in [1.29, 1.82) is 0 Å². The highest BCUT2D eigenvalue weighted by Crippen LogP contribution is 2.29. The molecule has 1 atom stereocenters. The first-order chi connectivity index (χ1) is 16.6. The van der Waals surface area contributed by atoms with Crippen LogP contribution in [0.1, 0.15) is 52.5 Å². The number of amides is 1. The zero-order valence-corrected chi connectivity index (χ0v) is 21.3. The number of piperidine rings is 1. The Labute approximate surface area is 206 Å². The van der Waals surface area contributed by atoms with Gasteiger partial charge in [-0.3, -0.25) is 4.79 Å². The van der Waals surface area contributed by atoms with E-state index in [1.807, 2.05) is 57.2 Å². The molecule has 186 valence electrons. The minimum atomic E-state index is -3.91. The second-order valence-electron chi connectivity index (χ2n) is 9.09. The standard InChI is InChI=1S/C26H31N3O5S/c1-17-7-8-18(2)21(14-17)10-12-24-25(20(4)28-34-24)35(31,32)29-13-5-6-22(16-29)26(30)27-15-23-11-9-19(3)33-23/h7-12,14,22H,5-6,13,15-16H2,1-4H3,(H,27,30)/b12-10+/t22-/m1/s1. The summed E-state index contributed by atoms with van der Waals surface area (Å²) < 4.78 is 39.5. The van der Waals surface area contributed by atoms with Crippen LogP contribution in [-0.2, 0) is 21.4 Å². The van der Waals surface area contributed by atoms with Crippen molar-refractivity contribution in [3.05, 3.63) is 70.0 Å². The van der Waals surface area contributed by atoms with E-state index in [0.29, 0.717) is 30.8 Å². The summed E-state index contributed by atoms with van der Waals surface area (Å²) in [5.41, 5.74) is 3.45. The van der Waals surface area contributed by atoms with E-state index in [0.717, 1.165) is 22.5 Å². The average Bonchev–Trinajstić information content (AvgIpc) is 3.43. The fraction of sp³-hybridized carbons (Fsp3) is 0.385. The fourth-order valence-electron chi connectivity index (χ4n) is 4.31. The predicted molar refractivity (Wildman–Crippen MR) is 133 cm³/mol. The number of aryl methyl sites for hydroxylation is 4. The first kappa shape index (κ1) is 24.9. The lowest BCUT2D eigenvalue weighted by atomic mass is 9.99. The van der Waals surface area contributed by atoms with E-state index in [9.17, 15) is 13.2 Å². The normalized spacial score (nSPS) is 17.2. The minimum absolute atomic E-state index is 0.0474. The van der Waals surface area contributed by atoms with Crippen LogP contribution in [-0.4, -0.2) is 36.9 Å². The van der Waals surface area contributed by atoms with E-state index in [1.54, 1.807) is 13.0 Å². The first-order valence-electron chi connectivity index (χ1n) is 11.7. The van der Waals surface area contributed by atoms with Crippen molar-refractivity contribution >= 4 is 28.1 Å². The second kappa shape index (κ2) is 10.2. The topological polar surface area (TPSA) is 106 Å². The van der Waals surface area contributed by atoms with Crippen LogP contribution >= 0.6 is 0 Å². The molecule has 1 aliphatic rings. The molecule has 1 fully saturated rings. The Morgan fingerprint density at radius 3 is 2.71 bits per heavy atom. The van der Waals surface area contributed by atoms with E-state index >= 15 is 0 Å². The fourth-order valence-corrected chi connectivity index (χ4v) is 6.08. The van der Waals surface area contributed by atoms with Crippen LogP contribution in [0.15, 0.2) is 44.2 Å². The number of benzene rings is 1. The molecule has 9 heteroatoms. The minimum Gasteiger partial charge on any atom is -0.465 e. The van der Waals surface area contributed by atoms with E-state index in [-0.39, 0.29) is 29.7 Å². The van der Waals surface area contributed by atoms with Gasteiger partial charge in [0.25, 0.3) is 0 Å². The molecule has 3 aromatic rings. The maximum Gasteiger partial charge on any atom is 0.248 e. The molecule has 0 saturated carbocycles. The number of nitrogens with zero attached hydrogens (tertiary/aromatic N) is 2. The van der Waals surface area contributed by atoms with Crippen molar-refractivity contribution in [3.63, 3.8) is 0 Å². The molecule has 0 radical (unpaired) electrons.